The molecule has 3 amide bonds. The molecule has 150 valence electrons. The normalized spacial score (nSPS) is 19.8. The lowest BCUT2D eigenvalue weighted by atomic mass is 9.83. The Morgan fingerprint density at radius 1 is 1.00 bits per heavy atom. The van der Waals surface area contributed by atoms with Crippen molar-refractivity contribution in [3.05, 3.63) is 60.2 Å². The number of hydrogen-bond donors (Lipinski definition) is 2. The first-order chi connectivity index (χ1) is 14.1. The summed E-state index contributed by atoms with van der Waals surface area (Å²) in [6, 6.07) is 16.6. The van der Waals surface area contributed by atoms with Crippen LogP contribution in [0.3, 0.4) is 0 Å². The molecule has 2 aliphatic rings. The van der Waals surface area contributed by atoms with Gasteiger partial charge in [0.25, 0.3) is 5.91 Å². The van der Waals surface area contributed by atoms with Crippen LogP contribution in [0, 0.1) is 5.92 Å². The minimum Gasteiger partial charge on any atom is -0.311 e. The van der Waals surface area contributed by atoms with Crippen LogP contribution in [0.2, 0.25) is 0 Å². The van der Waals surface area contributed by atoms with E-state index < -0.39 is 12.2 Å². The Morgan fingerprint density at radius 3 is 2.45 bits per heavy atom. The van der Waals surface area contributed by atoms with Gasteiger partial charge in [-0.25, -0.2) is 4.79 Å². The van der Waals surface area contributed by atoms with Crippen LogP contribution in [0.15, 0.2) is 59.6 Å². The summed E-state index contributed by atoms with van der Waals surface area (Å²) in [5.41, 5.74) is 3.43. The van der Waals surface area contributed by atoms with E-state index in [2.05, 4.69) is 10.6 Å². The number of amides is 3. The molecule has 0 saturated heterocycles. The number of benzene rings is 2. The number of likely N-dealkylation sites (N-methyl/N-ethyl adjacent to an activating group) is 1. The van der Waals surface area contributed by atoms with Crippen LogP contribution < -0.4 is 15.5 Å². The zero-order chi connectivity index (χ0) is 20.2. The number of nitrogens with zero attached hydrogens (tertiary/aromatic N) is 2. The number of urea groups is 1. The molecule has 0 aromatic heterocycles. The minimum atomic E-state index is -0.951. The molecule has 2 aromatic carbocycles. The van der Waals surface area contributed by atoms with Gasteiger partial charge in [0, 0.05) is 24.2 Å². The van der Waals surface area contributed by atoms with Crippen LogP contribution in [0.1, 0.15) is 37.7 Å². The van der Waals surface area contributed by atoms with Crippen LogP contribution >= 0.6 is 0 Å². The average molecular weight is 390 g/mol. The molecule has 1 saturated carbocycles. The third kappa shape index (κ3) is 4.16. The molecule has 0 spiro atoms. The van der Waals surface area contributed by atoms with E-state index in [4.69, 9.17) is 4.99 Å². The molecular formula is C23H26N4O2. The van der Waals surface area contributed by atoms with E-state index >= 15 is 0 Å². The topological polar surface area (TPSA) is 73.8 Å². The van der Waals surface area contributed by atoms with Gasteiger partial charge in [-0.05, 0) is 31.0 Å². The van der Waals surface area contributed by atoms with Crippen molar-refractivity contribution in [1.29, 1.82) is 0 Å². The summed E-state index contributed by atoms with van der Waals surface area (Å²) in [4.78, 5) is 32.0. The first kappa shape index (κ1) is 19.2. The fraction of sp³-hybridized carbons (Fsp3) is 0.348. The number of aliphatic imine (C=N–C) groups is 1. The maximum Gasteiger partial charge on any atom is 0.321 e. The van der Waals surface area contributed by atoms with Gasteiger partial charge in [0.2, 0.25) is 6.17 Å². The number of anilines is 2. The Hall–Kier alpha value is -3.15. The van der Waals surface area contributed by atoms with Gasteiger partial charge in [-0.2, -0.15) is 0 Å². The SMILES string of the molecule is CN1C(=O)C(NC(=O)Nc2ccccc2)N=C(C2CCCCC2)c2ccccc21. The Bertz CT molecular complexity index is 919. The summed E-state index contributed by atoms with van der Waals surface area (Å²) >= 11 is 0. The molecule has 1 aliphatic carbocycles. The molecular weight excluding hydrogens is 364 g/mol. The lowest BCUT2D eigenvalue weighted by Gasteiger charge is -2.24. The highest BCUT2D eigenvalue weighted by Crippen LogP contribution is 2.33. The Labute approximate surface area is 171 Å². The Balaban J connectivity index is 1.64. The lowest BCUT2D eigenvalue weighted by Crippen LogP contribution is -2.47. The van der Waals surface area contributed by atoms with Crippen molar-refractivity contribution in [2.24, 2.45) is 10.9 Å². The highest BCUT2D eigenvalue weighted by atomic mass is 16.2. The van der Waals surface area contributed by atoms with Crippen molar-refractivity contribution in [2.45, 2.75) is 38.3 Å². The standard InChI is InChI=1S/C23H26N4O2/c1-27-19-15-9-8-14-18(19)20(16-10-4-2-5-11-16)25-21(22(27)28)26-23(29)24-17-12-6-3-7-13-17/h3,6-9,12-16,21H,2,4-5,10-11H2,1H3,(H2,24,26,29). The Kier molecular flexibility index (Phi) is 5.60. The van der Waals surface area contributed by atoms with E-state index in [0.29, 0.717) is 11.6 Å². The molecule has 1 unspecified atom stereocenters. The Morgan fingerprint density at radius 2 is 1.69 bits per heavy atom. The summed E-state index contributed by atoms with van der Waals surface area (Å²) in [6.45, 7) is 0. The van der Waals surface area contributed by atoms with E-state index in [1.165, 1.54) is 19.3 Å². The number of nitrogens with one attached hydrogen (secondary N) is 2. The number of carbonyl (C=O) groups is 2. The minimum absolute atomic E-state index is 0.244. The van der Waals surface area contributed by atoms with Gasteiger partial charge >= 0.3 is 6.03 Å². The van der Waals surface area contributed by atoms with Gasteiger partial charge in [0.15, 0.2) is 0 Å². The van der Waals surface area contributed by atoms with E-state index in [9.17, 15) is 9.59 Å². The van der Waals surface area contributed by atoms with Gasteiger partial charge in [-0.1, -0.05) is 55.7 Å². The second-order valence-electron chi connectivity index (χ2n) is 7.63. The first-order valence-corrected chi connectivity index (χ1v) is 10.2. The molecule has 2 aromatic rings. The fourth-order valence-electron chi connectivity index (χ4n) is 4.16. The number of para-hydroxylation sites is 2. The van der Waals surface area contributed by atoms with Gasteiger partial charge in [0.1, 0.15) is 0 Å². The van der Waals surface area contributed by atoms with Gasteiger partial charge in [-0.3, -0.25) is 9.79 Å². The average Bonchev–Trinajstić information content (AvgIpc) is 2.86. The molecule has 1 aliphatic heterocycles. The molecule has 1 atom stereocenters. The van der Waals surface area contributed by atoms with Crippen LogP contribution in [-0.4, -0.2) is 30.9 Å². The summed E-state index contributed by atoms with van der Waals surface area (Å²) in [5, 5.41) is 5.53. The number of carbonyl (C=O) groups excluding carboxylic acids is 2. The van der Waals surface area contributed by atoms with Crippen LogP contribution in [0.5, 0.6) is 0 Å². The second-order valence-corrected chi connectivity index (χ2v) is 7.63. The number of hydrogen-bond acceptors (Lipinski definition) is 3. The van der Waals surface area contributed by atoms with Crippen LogP contribution in [-0.2, 0) is 4.79 Å². The molecule has 1 fully saturated rings. The monoisotopic (exact) mass is 390 g/mol. The van der Waals surface area contributed by atoms with E-state index in [1.807, 2.05) is 42.5 Å². The zero-order valence-corrected chi connectivity index (χ0v) is 16.6. The molecule has 2 N–H and O–H groups in total. The lowest BCUT2D eigenvalue weighted by molar-refractivity contribution is -0.119. The molecule has 0 bridgehead atoms. The predicted molar refractivity (Wildman–Crippen MR) is 115 cm³/mol. The van der Waals surface area contributed by atoms with Crippen LogP contribution in [0.25, 0.3) is 0 Å². The molecule has 6 heteroatoms. The summed E-state index contributed by atoms with van der Waals surface area (Å²) in [7, 11) is 1.74. The quantitative estimate of drug-likeness (QED) is 0.825. The summed E-state index contributed by atoms with van der Waals surface area (Å²) in [6.07, 6.45) is 4.76. The number of benzodiazepines with no additional fused rings is 1. The number of fused-ring (bicyclic) bond motifs is 1. The highest BCUT2D eigenvalue weighted by molar-refractivity contribution is 6.14. The predicted octanol–water partition coefficient (Wildman–Crippen LogP) is 4.18. The zero-order valence-electron chi connectivity index (χ0n) is 16.6. The molecule has 29 heavy (non-hydrogen) atoms. The maximum atomic E-state index is 13.1. The summed E-state index contributed by atoms with van der Waals surface area (Å²) in [5.74, 6) is 0.0668. The number of rotatable bonds is 3. The van der Waals surface area contributed by atoms with E-state index in [-0.39, 0.29) is 5.91 Å². The maximum absolute atomic E-state index is 13.1. The smallest absolute Gasteiger partial charge is 0.311 e. The summed E-state index contributed by atoms with van der Waals surface area (Å²) < 4.78 is 0. The van der Waals surface area contributed by atoms with Crippen molar-refractivity contribution in [3.63, 3.8) is 0 Å². The second kappa shape index (κ2) is 8.47. The van der Waals surface area contributed by atoms with Crippen molar-refractivity contribution < 1.29 is 9.59 Å². The van der Waals surface area contributed by atoms with E-state index in [1.54, 1.807) is 24.1 Å². The molecule has 4 rings (SSSR count). The molecule has 0 radical (unpaired) electrons. The van der Waals surface area contributed by atoms with E-state index in [0.717, 1.165) is 29.8 Å². The highest BCUT2D eigenvalue weighted by Gasteiger charge is 2.33. The van der Waals surface area contributed by atoms with Crippen molar-refractivity contribution >= 4 is 29.0 Å². The molecule has 1 heterocycles. The first-order valence-electron chi connectivity index (χ1n) is 10.2. The fourth-order valence-corrected chi connectivity index (χ4v) is 4.16. The van der Waals surface area contributed by atoms with Crippen molar-refractivity contribution in [2.75, 3.05) is 17.3 Å². The molecule has 6 nitrogen and oxygen atoms in total. The van der Waals surface area contributed by atoms with Gasteiger partial charge in [0.05, 0.1) is 11.4 Å². The van der Waals surface area contributed by atoms with Crippen molar-refractivity contribution in [3.8, 4) is 0 Å². The van der Waals surface area contributed by atoms with Crippen LogP contribution in [0.4, 0.5) is 16.2 Å². The third-order valence-electron chi connectivity index (χ3n) is 5.67. The third-order valence-corrected chi connectivity index (χ3v) is 5.67. The largest absolute Gasteiger partial charge is 0.321 e. The van der Waals surface area contributed by atoms with Gasteiger partial charge < -0.3 is 15.5 Å². The van der Waals surface area contributed by atoms with Gasteiger partial charge in [-0.15, -0.1) is 0 Å². The van der Waals surface area contributed by atoms with Crippen molar-refractivity contribution in [1.82, 2.24) is 5.32 Å².